The van der Waals surface area contributed by atoms with Gasteiger partial charge in [-0.3, -0.25) is 0 Å². The summed E-state index contributed by atoms with van der Waals surface area (Å²) in [7, 11) is 0. The van der Waals surface area contributed by atoms with Gasteiger partial charge in [-0.05, 0) is 217 Å². The Morgan fingerprint density at radius 1 is 0.156 bits per heavy atom. The average molecular weight is 1710 g/mol. The molecule has 15 heterocycles. The summed E-state index contributed by atoms with van der Waals surface area (Å²) in [6.45, 7) is 12.9. The van der Waals surface area contributed by atoms with E-state index in [0.29, 0.717) is 33.6 Å². The lowest BCUT2D eigenvalue weighted by molar-refractivity contribution is 1.19. The van der Waals surface area contributed by atoms with Crippen molar-refractivity contribution in [2.75, 3.05) is 0 Å². The topological polar surface area (TPSA) is 24.6 Å². The summed E-state index contributed by atoms with van der Waals surface area (Å²) < 4.78 is 12.5. The third kappa shape index (κ3) is 9.53. The molecule has 10 aliphatic rings. The maximum Gasteiger partial charge on any atom is 0.248 e. The molecule has 0 atom stereocenters. The predicted molar refractivity (Wildman–Crippen MR) is 578 cm³/mol. The number of aryl methyl sites for hydroxylation is 5. The van der Waals surface area contributed by atoms with Gasteiger partial charge in [-0.1, -0.05) is 377 Å². The fourth-order valence-corrected chi connectivity index (χ4v) is 27.6. The third-order valence-electron chi connectivity index (χ3n) is 32.5. The fraction of sp³-hybridized carbons (Fsp3) is 0.0400. The first-order valence-corrected chi connectivity index (χ1v) is 48.0. The molecule has 10 heteroatoms. The number of fused-ring (bicyclic) bond motifs is 40. The van der Waals surface area contributed by atoms with Crippen molar-refractivity contribution in [3.05, 3.63) is 422 Å². The lowest BCUT2D eigenvalue weighted by Gasteiger charge is -2.26. The van der Waals surface area contributed by atoms with Crippen molar-refractivity contribution < 1.29 is 0 Å². The highest BCUT2D eigenvalue weighted by Gasteiger charge is 2.48. The van der Waals surface area contributed by atoms with E-state index in [1.165, 1.54) is 303 Å². The van der Waals surface area contributed by atoms with Gasteiger partial charge in [0, 0.05) is 110 Å². The molecule has 25 aromatic rings. The molecule has 5 nitrogen and oxygen atoms in total. The monoisotopic (exact) mass is 1710 g/mol. The Labute approximate surface area is 782 Å². The van der Waals surface area contributed by atoms with Crippen LogP contribution in [0.2, 0.25) is 0 Å². The molecule has 0 aliphatic carbocycles. The second-order valence-corrected chi connectivity index (χ2v) is 39.1. The number of para-hydroxylation sites is 7. The molecule has 0 saturated carbocycles. The lowest BCUT2D eigenvalue weighted by atomic mass is 9.37. The number of nitrogens with zero attached hydrogens (tertiary/aromatic N) is 5. The highest BCUT2D eigenvalue weighted by molar-refractivity contribution is 7.04. The molecule has 0 radical (unpaired) electrons. The molecule has 620 valence electrons. The standard InChI is InChI=1S/5C25H16BN/c1-15-13-19-17-8-3-5-11-22(17)27-23-12-6-9-18-16-7-2-4-10-20(16)26(24(18)23)21(14-15)25(19)27;1-15-13-14-20-25-23(15)18-8-3-5-11-21(18)27(25)22-12-6-9-17-16-7-2-4-10-19(16)26(20)24(17)22;1-15-13-14-19-17-8-3-5-11-21(17)27-22-12-6-9-18-16-7-2-4-10-20(16)26(24(18)22)23(15)25(19)27;1-15-7-4-9-17-18-10-6-14-22-24(18)26(23(15)17)20-12-5-11-19-16-8-2-3-13-21(16)27(22)25(19)20;1-15-12-13-16-18-7-5-11-23-24(18)26(21(16)14-15)20-9-4-8-19-17-6-2-3-10-22(17)27(23)25(19)20/h5*2-14H,1H3. The van der Waals surface area contributed by atoms with Crippen LogP contribution >= 0.6 is 0 Å². The van der Waals surface area contributed by atoms with E-state index in [2.05, 4.69) is 452 Å². The van der Waals surface area contributed by atoms with Crippen LogP contribution in [-0.2, 0) is 0 Å². The molecule has 0 N–H and O–H groups in total. The smallest absolute Gasteiger partial charge is 0.248 e. The molecule has 10 aliphatic heterocycles. The minimum absolute atomic E-state index is 0.339. The van der Waals surface area contributed by atoms with E-state index in [1.54, 1.807) is 0 Å². The molecule has 0 bridgehead atoms. The first kappa shape index (κ1) is 74.4. The summed E-state index contributed by atoms with van der Waals surface area (Å²) in [4.78, 5) is 0. The van der Waals surface area contributed by atoms with Gasteiger partial charge in [-0.25, -0.2) is 0 Å². The molecule has 0 spiro atoms. The zero-order valence-corrected chi connectivity index (χ0v) is 75.2. The maximum absolute atomic E-state index is 2.51. The van der Waals surface area contributed by atoms with Crippen molar-refractivity contribution >= 4 is 225 Å². The fourth-order valence-electron chi connectivity index (χ4n) is 27.6. The van der Waals surface area contributed by atoms with E-state index in [1.807, 2.05) is 0 Å². The Balaban J connectivity index is 0.0000000788. The Morgan fingerprint density at radius 2 is 0.459 bits per heavy atom. The van der Waals surface area contributed by atoms with Crippen molar-refractivity contribution in [2.24, 2.45) is 0 Å². The van der Waals surface area contributed by atoms with Crippen LogP contribution in [0.4, 0.5) is 0 Å². The van der Waals surface area contributed by atoms with Crippen molar-refractivity contribution in [3.63, 3.8) is 0 Å². The molecule has 0 unspecified atom stereocenters. The van der Waals surface area contributed by atoms with Crippen molar-refractivity contribution in [1.29, 1.82) is 0 Å². The van der Waals surface area contributed by atoms with Crippen LogP contribution in [0.1, 0.15) is 27.8 Å². The molecule has 35 rings (SSSR count). The highest BCUT2D eigenvalue weighted by Crippen LogP contribution is 2.46. The van der Waals surface area contributed by atoms with Crippen LogP contribution in [0.3, 0.4) is 0 Å². The summed E-state index contributed by atoms with van der Waals surface area (Å²) in [5, 5.41) is 13.6. The Kier molecular flexibility index (Phi) is 14.9. The molecule has 0 amide bonds. The van der Waals surface area contributed by atoms with Crippen molar-refractivity contribution in [1.82, 2.24) is 22.8 Å². The van der Waals surface area contributed by atoms with Crippen LogP contribution in [0.15, 0.2) is 394 Å². The van der Waals surface area contributed by atoms with Gasteiger partial charge >= 0.3 is 0 Å². The average Bonchev–Trinajstić information content (AvgIpc) is 1.55. The maximum atomic E-state index is 2.51. The molecule has 20 aromatic carbocycles. The number of rotatable bonds is 0. The highest BCUT2D eigenvalue weighted by atomic mass is 15.0. The minimum atomic E-state index is 0.339. The quantitative estimate of drug-likeness (QED) is 0.135. The second-order valence-electron chi connectivity index (χ2n) is 39.1. The summed E-state index contributed by atoms with van der Waals surface area (Å²) in [5.41, 5.74) is 62.9. The van der Waals surface area contributed by atoms with Gasteiger partial charge in [0.25, 0.3) is 0 Å². The SMILES string of the molecule is Cc1cc2c3c(c1)c1ccccc1n3-c1cccc3c1B2c1ccccc1-3.Cc1ccc2c(c1)B1c3c-2cccc3-n2c3ccccc3c3cccc1c32.Cc1ccc2c3c1c1ccccc1n3-c1cccc3c1B2c1ccccc1-3.Cc1ccc2c3ccccc3n3c2c1B1c2ccccc2-c2cccc-3c21.Cc1cccc2c1B1c3c-2cccc3-n2c3ccccc3c3cccc1c32. The zero-order valence-electron chi connectivity index (χ0n) is 75.2. The summed E-state index contributed by atoms with van der Waals surface area (Å²) in [6, 6.07) is 146. The van der Waals surface area contributed by atoms with Gasteiger partial charge in [0.1, 0.15) is 0 Å². The zero-order chi connectivity index (χ0) is 88.5. The van der Waals surface area contributed by atoms with Crippen LogP contribution in [0.5, 0.6) is 0 Å². The van der Waals surface area contributed by atoms with Gasteiger partial charge in [0.2, 0.25) is 33.6 Å². The van der Waals surface area contributed by atoms with E-state index >= 15 is 0 Å². The third-order valence-corrected chi connectivity index (χ3v) is 32.5. The van der Waals surface area contributed by atoms with E-state index in [0.717, 1.165) is 0 Å². The number of hydrogen-bond donors (Lipinski definition) is 0. The predicted octanol–water partition coefficient (Wildman–Crippen LogP) is 19.5. The summed E-state index contributed by atoms with van der Waals surface area (Å²) in [6.07, 6.45) is 0. The van der Waals surface area contributed by atoms with E-state index < -0.39 is 0 Å². The Morgan fingerprint density at radius 3 is 0.970 bits per heavy atom. The van der Waals surface area contributed by atoms with E-state index in [9.17, 15) is 0 Å². The minimum Gasteiger partial charge on any atom is -0.310 e. The van der Waals surface area contributed by atoms with Crippen LogP contribution in [0.25, 0.3) is 193 Å². The van der Waals surface area contributed by atoms with Crippen LogP contribution in [0, 0.1) is 34.6 Å². The van der Waals surface area contributed by atoms with Gasteiger partial charge in [0.15, 0.2) is 0 Å². The molecule has 0 fully saturated rings. The molecule has 135 heavy (non-hydrogen) atoms. The molecule has 0 saturated heterocycles. The van der Waals surface area contributed by atoms with Crippen molar-refractivity contribution in [3.8, 4) is 84.1 Å². The number of aromatic nitrogens is 5. The number of benzene rings is 20. The van der Waals surface area contributed by atoms with Crippen LogP contribution < -0.4 is 81.9 Å². The largest absolute Gasteiger partial charge is 0.310 e. The molecular formula is C125H80B5N5. The van der Waals surface area contributed by atoms with Gasteiger partial charge in [0.05, 0.1) is 27.6 Å². The Bertz CT molecular complexity index is 9770. The second kappa shape index (κ2) is 27.0. The summed E-state index contributed by atoms with van der Waals surface area (Å²) >= 11 is 0. The summed E-state index contributed by atoms with van der Waals surface area (Å²) in [5.74, 6) is 0. The molecular weight excluding hydrogens is 1630 g/mol. The number of hydrogen-bond acceptors (Lipinski definition) is 0. The van der Waals surface area contributed by atoms with E-state index in [4.69, 9.17) is 0 Å². The van der Waals surface area contributed by atoms with E-state index in [-0.39, 0.29) is 0 Å². The Hall–Kier alpha value is -16.3. The van der Waals surface area contributed by atoms with Gasteiger partial charge in [-0.2, -0.15) is 0 Å². The van der Waals surface area contributed by atoms with Crippen molar-refractivity contribution in [2.45, 2.75) is 34.6 Å². The first-order valence-electron chi connectivity index (χ1n) is 48.0. The first-order chi connectivity index (χ1) is 66.7. The normalized spacial score (nSPS) is 13.3. The lowest BCUT2D eigenvalue weighted by Crippen LogP contribution is -2.54. The molecule has 5 aromatic heterocycles. The van der Waals surface area contributed by atoms with Gasteiger partial charge in [-0.15, -0.1) is 0 Å². The van der Waals surface area contributed by atoms with Crippen LogP contribution in [-0.4, -0.2) is 56.4 Å². The van der Waals surface area contributed by atoms with Gasteiger partial charge < -0.3 is 22.8 Å².